The molecule has 0 bridgehead atoms. The zero-order valence-electron chi connectivity index (χ0n) is 46.2. The van der Waals surface area contributed by atoms with Crippen LogP contribution in [0.25, 0.3) is 0 Å². The smallest absolute Gasteiger partial charge is 0.303 e. The Labute approximate surface area is 440 Å². The Kier molecular flexibility index (Phi) is 23.4. The first-order valence-corrected chi connectivity index (χ1v) is 26.2. The van der Waals surface area contributed by atoms with Gasteiger partial charge in [0.15, 0.2) is 25.0 Å². The summed E-state index contributed by atoms with van der Waals surface area (Å²) in [6.07, 6.45) is -5.99. The van der Waals surface area contributed by atoms with Crippen molar-refractivity contribution in [3.05, 3.63) is 23.5 Å². The molecular formula is C52H82N4O19. The molecule has 424 valence electrons. The van der Waals surface area contributed by atoms with Gasteiger partial charge in [0.2, 0.25) is 5.91 Å². The molecule has 0 saturated carbocycles. The van der Waals surface area contributed by atoms with E-state index in [2.05, 4.69) is 37.2 Å². The van der Waals surface area contributed by atoms with Crippen LogP contribution in [0.15, 0.2) is 17.8 Å². The van der Waals surface area contributed by atoms with Crippen LogP contribution in [0.4, 0.5) is 0 Å². The van der Waals surface area contributed by atoms with Gasteiger partial charge in [-0.15, -0.1) is 5.10 Å². The van der Waals surface area contributed by atoms with Gasteiger partial charge in [-0.2, -0.15) is 0 Å². The van der Waals surface area contributed by atoms with E-state index >= 15 is 0 Å². The average Bonchev–Trinajstić information content (AvgIpc) is 3.80. The fourth-order valence-corrected chi connectivity index (χ4v) is 10.3. The van der Waals surface area contributed by atoms with Crippen molar-refractivity contribution in [2.75, 3.05) is 46.2 Å². The second-order valence-corrected chi connectivity index (χ2v) is 20.3. The maximum atomic E-state index is 13.7. The summed E-state index contributed by atoms with van der Waals surface area (Å²) in [6.45, 7) is 25.3. The average molecular weight is 1070 g/mol. The van der Waals surface area contributed by atoms with Gasteiger partial charge in [-0.1, -0.05) is 52.8 Å². The van der Waals surface area contributed by atoms with Gasteiger partial charge in [0.25, 0.3) is 0 Å². The van der Waals surface area contributed by atoms with E-state index in [0.717, 1.165) is 5.57 Å². The molecule has 23 heteroatoms. The summed E-state index contributed by atoms with van der Waals surface area (Å²) in [5.74, 6) is -4.44. The molecule has 3 fully saturated rings. The summed E-state index contributed by atoms with van der Waals surface area (Å²) in [5.41, 5.74) is 1.40. The molecule has 5 rings (SSSR count). The number of carbonyl (C=O) groups is 6. The third-order valence-electron chi connectivity index (χ3n) is 14.6. The van der Waals surface area contributed by atoms with Crippen molar-refractivity contribution in [2.24, 2.45) is 35.5 Å². The quantitative estimate of drug-likeness (QED) is 0.0611. The first-order chi connectivity index (χ1) is 35.5. The summed E-state index contributed by atoms with van der Waals surface area (Å²) in [4.78, 5) is 77.6. The van der Waals surface area contributed by atoms with Crippen LogP contribution in [0.2, 0.25) is 0 Å². The minimum atomic E-state index is -1.21. The number of hydrogen-bond acceptors (Lipinski definition) is 21. The molecule has 1 aromatic heterocycles. The second kappa shape index (κ2) is 28.7. The Bertz CT molecular complexity index is 2090. The van der Waals surface area contributed by atoms with Gasteiger partial charge in [-0.25, -0.2) is 4.68 Å². The predicted octanol–water partition coefficient (Wildman–Crippen LogP) is 4.10. The molecule has 0 spiro atoms. The van der Waals surface area contributed by atoms with Crippen LogP contribution in [0.5, 0.6) is 0 Å². The summed E-state index contributed by atoms with van der Waals surface area (Å²) < 4.78 is 80.3. The van der Waals surface area contributed by atoms with Crippen molar-refractivity contribution in [1.82, 2.24) is 19.9 Å². The van der Waals surface area contributed by atoms with Crippen LogP contribution < -0.4 is 0 Å². The number of esters is 5. The number of nitrogens with zero attached hydrogens (tertiary/aromatic N) is 4. The lowest BCUT2D eigenvalue weighted by molar-refractivity contribution is -0.360. The van der Waals surface area contributed by atoms with Crippen LogP contribution in [0, 0.1) is 35.5 Å². The molecule has 0 aromatic carbocycles. The van der Waals surface area contributed by atoms with Crippen molar-refractivity contribution in [3.63, 3.8) is 0 Å². The van der Waals surface area contributed by atoms with Gasteiger partial charge < -0.3 is 66.5 Å². The summed E-state index contributed by atoms with van der Waals surface area (Å²) in [7, 11) is 0. The lowest BCUT2D eigenvalue weighted by Gasteiger charge is -2.51. The standard InChI is InChI=1S/C52H82N4O19/c1-15-63-18-19-64-17-16-55-22-41(53-54-55)24-68-52-48(71-39(14)62)31(6)46(44(73-52)25-66-36(11)59)74-51-32(7)47(70-38(13)61)49(45(72-51)26-67-37(12)60)75-50-27(2)20-43(33(8)69-50)56(34(9)57)42-21-40(23-65-35(10)58)29(4)28(3)30(42)5/h21-22,27-33,42-52H,15-20,23-26H2,1-14H3/t27?,28-,29-,30-,31-,32?,33?,42-,43-,44?,45?,46-,47+,48?,49+,50+,51+,52+/m0/s1. The number of hydrogen-bond donors (Lipinski definition) is 0. The lowest BCUT2D eigenvalue weighted by atomic mass is 9.71. The minimum Gasteiger partial charge on any atom is -0.463 e. The normalized spacial score (nSPS) is 33.9. The number of carbonyl (C=O) groups excluding carboxylic acids is 6. The topological polar surface area (TPSA) is 256 Å². The molecule has 23 nitrogen and oxygen atoms in total. The van der Waals surface area contributed by atoms with Gasteiger partial charge in [-0.3, -0.25) is 28.8 Å². The molecule has 6 unspecified atom stereocenters. The SMILES string of the molecule is CCOCCOCCn1cc(CO[C@@H]2OC(COC(C)=O)[C@@H](O[C@H]3OC(COC(C)=O)[C@@H](O[C@H]4OC(C)[C@@H](N(C(C)=O)[C@H]5C=C(COC(C)=O)[C@@H](C)[C@H](C)[C@@H]5C)CC4C)[C@H](OC(C)=O)C3C)[C@H](C)C2OC(C)=O)nn1. The van der Waals surface area contributed by atoms with E-state index in [9.17, 15) is 28.8 Å². The number of aromatic nitrogens is 3. The Morgan fingerprint density at radius 2 is 1.24 bits per heavy atom. The molecule has 3 aliphatic heterocycles. The molecule has 4 aliphatic rings. The second-order valence-electron chi connectivity index (χ2n) is 20.3. The first kappa shape index (κ1) is 61.2. The Balaban J connectivity index is 1.37. The van der Waals surface area contributed by atoms with Gasteiger partial charge in [-0.05, 0) is 43.6 Å². The molecule has 18 atom stereocenters. The Morgan fingerprint density at radius 3 is 1.85 bits per heavy atom. The molecule has 4 heterocycles. The van der Waals surface area contributed by atoms with Crippen LogP contribution in [0.3, 0.4) is 0 Å². The number of rotatable bonds is 24. The fourth-order valence-electron chi connectivity index (χ4n) is 10.3. The highest BCUT2D eigenvalue weighted by Gasteiger charge is 2.54. The largest absolute Gasteiger partial charge is 0.463 e. The first-order valence-electron chi connectivity index (χ1n) is 26.2. The van der Waals surface area contributed by atoms with Gasteiger partial charge in [0.1, 0.15) is 49.9 Å². The van der Waals surface area contributed by atoms with Crippen molar-refractivity contribution in [1.29, 1.82) is 0 Å². The monoisotopic (exact) mass is 1070 g/mol. The highest BCUT2D eigenvalue weighted by Crippen LogP contribution is 2.42. The van der Waals surface area contributed by atoms with Gasteiger partial charge >= 0.3 is 29.8 Å². The Hall–Kier alpha value is -4.62. The van der Waals surface area contributed by atoms with Gasteiger partial charge in [0, 0.05) is 65.9 Å². The van der Waals surface area contributed by atoms with Crippen LogP contribution >= 0.6 is 0 Å². The molecule has 75 heavy (non-hydrogen) atoms. The Morgan fingerprint density at radius 1 is 0.640 bits per heavy atom. The maximum absolute atomic E-state index is 13.7. The fraction of sp³-hybridized carbons (Fsp3) is 0.808. The van der Waals surface area contributed by atoms with Crippen LogP contribution in [-0.2, 0) is 103 Å². The van der Waals surface area contributed by atoms with E-state index in [1.807, 2.05) is 25.7 Å². The maximum Gasteiger partial charge on any atom is 0.303 e. The lowest BCUT2D eigenvalue weighted by Crippen LogP contribution is -2.63. The summed E-state index contributed by atoms with van der Waals surface area (Å²) >= 11 is 0. The van der Waals surface area contributed by atoms with Crippen LogP contribution in [-0.4, -0.2) is 176 Å². The zero-order valence-corrected chi connectivity index (χ0v) is 46.2. The third-order valence-corrected chi connectivity index (χ3v) is 14.6. The molecule has 1 amide bonds. The molecule has 1 aliphatic carbocycles. The molecule has 1 aromatic rings. The molecular weight excluding hydrogens is 985 g/mol. The van der Waals surface area contributed by atoms with E-state index in [4.69, 9.17) is 61.6 Å². The highest BCUT2D eigenvalue weighted by molar-refractivity contribution is 5.74. The molecule has 3 saturated heterocycles. The van der Waals surface area contributed by atoms with E-state index in [0.29, 0.717) is 45.1 Å². The van der Waals surface area contributed by atoms with Crippen molar-refractivity contribution in [2.45, 2.75) is 190 Å². The molecule has 0 N–H and O–H groups in total. The van der Waals surface area contributed by atoms with E-state index in [1.165, 1.54) is 34.6 Å². The van der Waals surface area contributed by atoms with Crippen molar-refractivity contribution < 1.29 is 90.3 Å². The number of ether oxygens (including phenoxy) is 13. The van der Waals surface area contributed by atoms with E-state index in [-0.39, 0.29) is 74.1 Å². The zero-order chi connectivity index (χ0) is 55.3. The van der Waals surface area contributed by atoms with Crippen molar-refractivity contribution >= 4 is 35.8 Å². The summed E-state index contributed by atoms with van der Waals surface area (Å²) in [5, 5.41) is 8.35. The van der Waals surface area contributed by atoms with E-state index < -0.39 is 97.3 Å². The van der Waals surface area contributed by atoms with Crippen molar-refractivity contribution in [3.8, 4) is 0 Å². The van der Waals surface area contributed by atoms with Crippen LogP contribution in [0.1, 0.15) is 109 Å². The van der Waals surface area contributed by atoms with E-state index in [1.54, 1.807) is 31.6 Å². The predicted molar refractivity (Wildman–Crippen MR) is 262 cm³/mol. The van der Waals surface area contributed by atoms with Gasteiger partial charge in [0.05, 0.1) is 63.5 Å². The number of amides is 1. The highest BCUT2D eigenvalue weighted by atomic mass is 16.8. The molecule has 0 radical (unpaired) electrons. The minimum absolute atomic E-state index is 0.0684. The summed E-state index contributed by atoms with van der Waals surface area (Å²) in [6, 6.07) is -0.680. The third kappa shape index (κ3) is 16.9.